The third-order valence-corrected chi connectivity index (χ3v) is 10.1. The molecule has 3 aromatic rings. The highest BCUT2D eigenvalue weighted by Crippen LogP contribution is 2.47. The number of aliphatic hydroxyl groups excluding tert-OH is 1. The topological polar surface area (TPSA) is 99.5 Å². The van der Waals surface area contributed by atoms with Crippen LogP contribution in [0.15, 0.2) is 60.7 Å². The maximum Gasteiger partial charge on any atom is 0.248 e. The summed E-state index contributed by atoms with van der Waals surface area (Å²) in [5, 5.41) is 21.9. The number of hydrogen-bond acceptors (Lipinski definition) is 6. The van der Waals surface area contributed by atoms with Crippen LogP contribution >= 0.6 is 11.6 Å². The van der Waals surface area contributed by atoms with E-state index in [9.17, 15) is 19.8 Å². The van der Waals surface area contributed by atoms with Crippen molar-refractivity contribution in [2.75, 3.05) is 18.6 Å². The number of hydrogen-bond donors (Lipinski definition) is 2. The number of ether oxygens (including phenoxy) is 2. The van der Waals surface area contributed by atoms with Gasteiger partial charge in [0.15, 0.2) is 11.5 Å². The third-order valence-electron chi connectivity index (χ3n) is 9.82. The van der Waals surface area contributed by atoms with Gasteiger partial charge in [-0.15, -0.1) is 0 Å². The van der Waals surface area contributed by atoms with Gasteiger partial charge < -0.3 is 29.5 Å². The van der Waals surface area contributed by atoms with E-state index < -0.39 is 18.2 Å². The van der Waals surface area contributed by atoms with Crippen molar-refractivity contribution in [1.29, 1.82) is 0 Å². The molecule has 3 aromatic carbocycles. The lowest BCUT2D eigenvalue weighted by Gasteiger charge is -2.44. The van der Waals surface area contributed by atoms with Crippen molar-refractivity contribution in [3.63, 3.8) is 0 Å². The normalized spacial score (nSPS) is 24.0. The van der Waals surface area contributed by atoms with E-state index in [0.717, 1.165) is 40.8 Å². The molecular weight excluding hydrogens is 592 g/mol. The molecule has 9 heteroatoms. The average molecular weight is 633 g/mol. The number of aliphatic hydroxyl groups is 2. The van der Waals surface area contributed by atoms with Gasteiger partial charge in [0.25, 0.3) is 0 Å². The maximum atomic E-state index is 13.9. The zero-order chi connectivity index (χ0) is 32.0. The number of rotatable bonds is 8. The van der Waals surface area contributed by atoms with Gasteiger partial charge in [-0.05, 0) is 111 Å². The van der Waals surface area contributed by atoms with Gasteiger partial charge in [-0.2, -0.15) is 0 Å². The first kappa shape index (κ1) is 31.4. The van der Waals surface area contributed by atoms with E-state index in [1.165, 1.54) is 0 Å². The molecule has 2 amide bonds. The van der Waals surface area contributed by atoms with Gasteiger partial charge in [0.05, 0.1) is 31.3 Å². The quantitative estimate of drug-likeness (QED) is 0.327. The lowest BCUT2D eigenvalue weighted by atomic mass is 9.75. The van der Waals surface area contributed by atoms with Crippen LogP contribution in [0.2, 0.25) is 5.02 Å². The van der Waals surface area contributed by atoms with Crippen LogP contribution in [0.4, 0.5) is 5.69 Å². The number of carbonyl (C=O) groups is 2. The maximum absolute atomic E-state index is 13.9. The Morgan fingerprint density at radius 1 is 1.02 bits per heavy atom. The molecule has 0 aliphatic carbocycles. The predicted octanol–water partition coefficient (Wildman–Crippen LogP) is 5.78. The Labute approximate surface area is 269 Å². The molecule has 6 rings (SSSR count). The highest BCUT2D eigenvalue weighted by Gasteiger charge is 2.48. The summed E-state index contributed by atoms with van der Waals surface area (Å²) in [6, 6.07) is 18.7. The molecule has 0 aromatic heterocycles. The molecule has 2 N–H and O–H groups in total. The predicted molar refractivity (Wildman–Crippen MR) is 173 cm³/mol. The molecule has 2 saturated heterocycles. The van der Waals surface area contributed by atoms with E-state index >= 15 is 0 Å². The van der Waals surface area contributed by atoms with Crippen LogP contribution in [-0.2, 0) is 21.6 Å². The summed E-state index contributed by atoms with van der Waals surface area (Å²) in [6.07, 6.45) is 3.28. The van der Waals surface area contributed by atoms with Crippen molar-refractivity contribution in [2.24, 2.45) is 5.92 Å². The van der Waals surface area contributed by atoms with Crippen LogP contribution in [0.3, 0.4) is 0 Å². The monoisotopic (exact) mass is 632 g/mol. The minimum atomic E-state index is -1.12. The standard InChI is InChI=1S/C36H41ClN2O6/c1-21(2)45-32-19-30-23(15-31(32)44-4)16-33(41)39(35(30)22-5-9-26(37)10-6-22)27-11-7-24(8-12-27)36(3,43)25-17-28-13-14-29(18-25)38(28)34(42)20-40/h5-12,15,19,21,25,28-29,35,40,43H,13-14,16-18,20H2,1-4H3/t25?,28?,29?,35-,36?/m0/s1. The van der Waals surface area contributed by atoms with Crippen molar-refractivity contribution >= 4 is 29.1 Å². The van der Waals surface area contributed by atoms with Crippen LogP contribution < -0.4 is 14.4 Å². The minimum absolute atomic E-state index is 0.0357. The second kappa shape index (κ2) is 12.3. The molecule has 3 aliphatic heterocycles. The summed E-state index contributed by atoms with van der Waals surface area (Å²) >= 11 is 6.26. The zero-order valence-electron chi connectivity index (χ0n) is 26.2. The number of nitrogens with zero attached hydrogens (tertiary/aromatic N) is 2. The van der Waals surface area contributed by atoms with Gasteiger partial charge in [-0.1, -0.05) is 35.9 Å². The van der Waals surface area contributed by atoms with Crippen LogP contribution in [0, 0.1) is 5.92 Å². The molecule has 0 spiro atoms. The molecule has 2 fully saturated rings. The van der Waals surface area contributed by atoms with Crippen molar-refractivity contribution in [3.05, 3.63) is 87.9 Å². The van der Waals surface area contributed by atoms with Crippen molar-refractivity contribution in [2.45, 2.75) is 82.7 Å². The fourth-order valence-electron chi connectivity index (χ4n) is 7.65. The number of halogens is 1. The number of piperidine rings is 1. The molecule has 2 bridgehead atoms. The van der Waals surface area contributed by atoms with Gasteiger partial charge in [0, 0.05) is 22.8 Å². The third kappa shape index (κ3) is 5.80. The number of benzene rings is 3. The summed E-state index contributed by atoms with van der Waals surface area (Å²) in [5.41, 5.74) is 3.10. The number of amides is 2. The van der Waals surface area contributed by atoms with E-state index in [1.807, 2.05) is 91.2 Å². The van der Waals surface area contributed by atoms with E-state index in [1.54, 1.807) is 7.11 Å². The molecule has 3 heterocycles. The smallest absolute Gasteiger partial charge is 0.248 e. The SMILES string of the molecule is COc1cc2c(cc1OC(C)C)[C@H](c1ccc(Cl)cc1)N(c1ccc(C(C)(O)C3CC4CCC(C3)N4C(=O)CO)cc1)C(=O)C2. The first-order chi connectivity index (χ1) is 21.5. The Morgan fingerprint density at radius 3 is 2.24 bits per heavy atom. The van der Waals surface area contributed by atoms with Crippen molar-refractivity contribution in [1.82, 2.24) is 4.90 Å². The summed E-state index contributed by atoms with van der Waals surface area (Å²) in [4.78, 5) is 29.9. The second-order valence-electron chi connectivity index (χ2n) is 13.0. The number of fused-ring (bicyclic) bond motifs is 3. The Bertz CT molecular complexity index is 1560. The summed E-state index contributed by atoms with van der Waals surface area (Å²) < 4.78 is 11.7. The molecular formula is C36H41ClN2O6. The Kier molecular flexibility index (Phi) is 8.59. The van der Waals surface area contributed by atoms with Crippen LogP contribution in [0.25, 0.3) is 0 Å². The largest absolute Gasteiger partial charge is 0.493 e. The number of carbonyl (C=O) groups excluding carboxylic acids is 2. The van der Waals surface area contributed by atoms with E-state index in [0.29, 0.717) is 29.4 Å². The highest BCUT2D eigenvalue weighted by molar-refractivity contribution is 6.30. The molecule has 3 aliphatic rings. The first-order valence-corrected chi connectivity index (χ1v) is 16.1. The van der Waals surface area contributed by atoms with Gasteiger partial charge in [0.1, 0.15) is 6.61 Å². The lowest BCUT2D eigenvalue weighted by molar-refractivity contribution is -0.142. The summed E-state index contributed by atoms with van der Waals surface area (Å²) in [5.74, 6) is 0.883. The average Bonchev–Trinajstić information content (AvgIpc) is 3.28. The van der Waals surface area contributed by atoms with Crippen LogP contribution in [-0.4, -0.2) is 58.8 Å². The Balaban J connectivity index is 1.34. The fourth-order valence-corrected chi connectivity index (χ4v) is 7.77. The van der Waals surface area contributed by atoms with Crippen LogP contribution in [0.1, 0.15) is 74.8 Å². The van der Waals surface area contributed by atoms with E-state index in [-0.39, 0.29) is 42.3 Å². The first-order valence-electron chi connectivity index (χ1n) is 15.7. The van der Waals surface area contributed by atoms with E-state index in [2.05, 4.69) is 0 Å². The molecule has 0 saturated carbocycles. The molecule has 8 nitrogen and oxygen atoms in total. The van der Waals surface area contributed by atoms with Gasteiger partial charge >= 0.3 is 0 Å². The molecule has 45 heavy (non-hydrogen) atoms. The number of methoxy groups -OCH3 is 1. The molecule has 3 unspecified atom stereocenters. The lowest BCUT2D eigenvalue weighted by Crippen LogP contribution is -2.51. The van der Waals surface area contributed by atoms with Crippen molar-refractivity contribution in [3.8, 4) is 11.5 Å². The highest BCUT2D eigenvalue weighted by atomic mass is 35.5. The Morgan fingerprint density at radius 2 is 1.67 bits per heavy atom. The molecule has 238 valence electrons. The van der Waals surface area contributed by atoms with E-state index in [4.69, 9.17) is 21.1 Å². The van der Waals surface area contributed by atoms with Gasteiger partial charge in [0.2, 0.25) is 11.8 Å². The zero-order valence-corrected chi connectivity index (χ0v) is 27.0. The molecule has 0 radical (unpaired) electrons. The number of anilines is 1. The van der Waals surface area contributed by atoms with Gasteiger partial charge in [-0.25, -0.2) is 0 Å². The Hall–Kier alpha value is -3.59. The summed E-state index contributed by atoms with van der Waals surface area (Å²) in [6.45, 7) is 5.29. The van der Waals surface area contributed by atoms with Gasteiger partial charge in [-0.3, -0.25) is 9.59 Å². The fraction of sp³-hybridized carbons (Fsp3) is 0.444. The molecule has 4 atom stereocenters. The van der Waals surface area contributed by atoms with Crippen molar-refractivity contribution < 1.29 is 29.3 Å². The summed E-state index contributed by atoms with van der Waals surface area (Å²) in [7, 11) is 1.60. The minimum Gasteiger partial charge on any atom is -0.493 e. The second-order valence-corrected chi connectivity index (χ2v) is 13.4. The van der Waals surface area contributed by atoms with Crippen LogP contribution in [0.5, 0.6) is 11.5 Å².